The number of aryl methyl sites for hydroxylation is 1. The number of hydrogen-bond acceptors (Lipinski definition) is 4. The van der Waals surface area contributed by atoms with Crippen molar-refractivity contribution in [3.8, 4) is 0 Å². The maximum atomic E-state index is 13.2. The van der Waals surface area contributed by atoms with E-state index in [1.165, 1.54) is 5.56 Å². The SMILES string of the molecule is Cc1ccc(C2c3c(c4ccccc4oc3=O)Nc3ccc4cn[nH]c4c32)cc1. The Balaban J connectivity index is 1.76. The Bertz CT molecular complexity index is 1460. The first kappa shape index (κ1) is 16.1. The molecule has 2 aromatic heterocycles. The van der Waals surface area contributed by atoms with Crippen LogP contribution >= 0.6 is 0 Å². The molecule has 140 valence electrons. The molecule has 6 rings (SSSR count). The van der Waals surface area contributed by atoms with Gasteiger partial charge in [-0.3, -0.25) is 5.10 Å². The first-order chi connectivity index (χ1) is 14.2. The average Bonchev–Trinajstić information content (AvgIpc) is 3.22. The van der Waals surface area contributed by atoms with Crippen molar-refractivity contribution in [2.45, 2.75) is 12.8 Å². The van der Waals surface area contributed by atoms with E-state index in [0.29, 0.717) is 11.1 Å². The molecular weight excluding hydrogens is 362 g/mol. The van der Waals surface area contributed by atoms with Crippen LogP contribution in [0.25, 0.3) is 21.9 Å². The number of aromatic amines is 1. The average molecular weight is 379 g/mol. The first-order valence-corrected chi connectivity index (χ1v) is 9.56. The third-order valence-corrected chi connectivity index (χ3v) is 5.75. The normalized spacial score (nSPS) is 15.1. The minimum Gasteiger partial charge on any atom is -0.422 e. The molecule has 0 bridgehead atoms. The minimum atomic E-state index is -0.320. The maximum absolute atomic E-state index is 13.2. The van der Waals surface area contributed by atoms with Gasteiger partial charge in [0.15, 0.2) is 0 Å². The lowest BCUT2D eigenvalue weighted by Crippen LogP contribution is -2.22. The fourth-order valence-electron chi connectivity index (χ4n) is 4.38. The number of nitrogens with one attached hydrogen (secondary N) is 2. The zero-order valence-electron chi connectivity index (χ0n) is 15.7. The van der Waals surface area contributed by atoms with Crippen LogP contribution in [0.1, 0.15) is 28.2 Å². The van der Waals surface area contributed by atoms with E-state index in [0.717, 1.165) is 38.8 Å². The molecule has 5 nitrogen and oxygen atoms in total. The van der Waals surface area contributed by atoms with Gasteiger partial charge in [0.05, 0.1) is 23.0 Å². The molecule has 3 aromatic carbocycles. The highest BCUT2D eigenvalue weighted by molar-refractivity contribution is 5.99. The summed E-state index contributed by atoms with van der Waals surface area (Å²) in [7, 11) is 0. The number of anilines is 2. The molecule has 0 fully saturated rings. The van der Waals surface area contributed by atoms with Crippen LogP contribution in [-0.4, -0.2) is 10.2 Å². The summed E-state index contributed by atoms with van der Waals surface area (Å²) in [6, 6.07) is 20.1. The largest absolute Gasteiger partial charge is 0.422 e. The van der Waals surface area contributed by atoms with Gasteiger partial charge in [-0.1, -0.05) is 42.0 Å². The fraction of sp³-hybridized carbons (Fsp3) is 0.0833. The van der Waals surface area contributed by atoms with Crippen molar-refractivity contribution in [3.63, 3.8) is 0 Å². The van der Waals surface area contributed by atoms with Gasteiger partial charge in [0.2, 0.25) is 0 Å². The third-order valence-electron chi connectivity index (χ3n) is 5.75. The van der Waals surface area contributed by atoms with Gasteiger partial charge < -0.3 is 9.73 Å². The van der Waals surface area contributed by atoms with Crippen molar-refractivity contribution in [1.29, 1.82) is 0 Å². The molecule has 5 aromatic rings. The van der Waals surface area contributed by atoms with Crippen molar-refractivity contribution in [2.24, 2.45) is 0 Å². The van der Waals surface area contributed by atoms with Crippen LogP contribution in [-0.2, 0) is 0 Å². The first-order valence-electron chi connectivity index (χ1n) is 9.56. The summed E-state index contributed by atoms with van der Waals surface area (Å²) in [5, 5.41) is 12.8. The Hall–Kier alpha value is -3.86. The van der Waals surface area contributed by atoms with Crippen molar-refractivity contribution in [1.82, 2.24) is 10.2 Å². The second-order valence-corrected chi connectivity index (χ2v) is 7.50. The molecule has 29 heavy (non-hydrogen) atoms. The number of H-pyrrole nitrogens is 1. The van der Waals surface area contributed by atoms with Crippen LogP contribution < -0.4 is 10.9 Å². The summed E-state index contributed by atoms with van der Waals surface area (Å²) in [6.45, 7) is 2.06. The quantitative estimate of drug-likeness (QED) is 0.385. The fourth-order valence-corrected chi connectivity index (χ4v) is 4.38. The van der Waals surface area contributed by atoms with Crippen LogP contribution in [0.3, 0.4) is 0 Å². The number of benzene rings is 3. The Morgan fingerprint density at radius 3 is 2.66 bits per heavy atom. The van der Waals surface area contributed by atoms with Crippen LogP contribution in [0.4, 0.5) is 11.4 Å². The van der Waals surface area contributed by atoms with E-state index in [9.17, 15) is 4.79 Å². The monoisotopic (exact) mass is 379 g/mol. The molecule has 3 heterocycles. The number of nitrogens with zero attached hydrogens (tertiary/aromatic N) is 1. The molecule has 0 aliphatic carbocycles. The molecule has 0 amide bonds. The standard InChI is InChI=1S/C24H17N3O2/c1-13-6-8-14(9-7-13)19-20-17(11-10-15-12-25-27-22(15)20)26-23-16-4-2-3-5-18(16)29-24(28)21(19)23/h2-12,19,26H,1H3,(H,25,27). The van der Waals surface area contributed by atoms with Crippen LogP contribution in [0.15, 0.2) is 76.1 Å². The van der Waals surface area contributed by atoms with E-state index in [4.69, 9.17) is 4.42 Å². The summed E-state index contributed by atoms with van der Waals surface area (Å²) >= 11 is 0. The topological polar surface area (TPSA) is 70.9 Å². The summed E-state index contributed by atoms with van der Waals surface area (Å²) in [5.41, 5.74) is 6.83. The van der Waals surface area contributed by atoms with Crippen molar-refractivity contribution in [3.05, 3.63) is 99.5 Å². The van der Waals surface area contributed by atoms with Gasteiger partial charge in [-0.15, -0.1) is 0 Å². The van der Waals surface area contributed by atoms with Gasteiger partial charge in [-0.2, -0.15) is 5.10 Å². The van der Waals surface area contributed by atoms with Crippen LogP contribution in [0.5, 0.6) is 0 Å². The summed E-state index contributed by atoms with van der Waals surface area (Å²) < 4.78 is 5.72. The Morgan fingerprint density at radius 1 is 0.966 bits per heavy atom. The smallest absolute Gasteiger partial charge is 0.342 e. The lowest BCUT2D eigenvalue weighted by Gasteiger charge is -2.30. The van der Waals surface area contributed by atoms with E-state index in [1.54, 1.807) is 6.20 Å². The number of rotatable bonds is 1. The lowest BCUT2D eigenvalue weighted by atomic mass is 9.80. The number of hydrogen-bond donors (Lipinski definition) is 2. The van der Waals surface area contributed by atoms with Gasteiger partial charge in [-0.25, -0.2) is 4.79 Å². The van der Waals surface area contributed by atoms with Crippen LogP contribution in [0.2, 0.25) is 0 Å². The molecule has 0 saturated carbocycles. The van der Waals surface area contributed by atoms with Crippen molar-refractivity contribution < 1.29 is 4.42 Å². The van der Waals surface area contributed by atoms with E-state index in [2.05, 4.69) is 52.8 Å². The van der Waals surface area contributed by atoms with Gasteiger partial charge in [0.1, 0.15) is 5.58 Å². The van der Waals surface area contributed by atoms with E-state index in [-0.39, 0.29) is 11.5 Å². The zero-order valence-corrected chi connectivity index (χ0v) is 15.7. The molecule has 1 aliphatic rings. The molecule has 0 saturated heterocycles. The van der Waals surface area contributed by atoms with Gasteiger partial charge >= 0.3 is 5.63 Å². The number of aromatic nitrogens is 2. The third kappa shape index (κ3) is 2.27. The molecule has 1 atom stereocenters. The minimum absolute atomic E-state index is 0.258. The second-order valence-electron chi connectivity index (χ2n) is 7.50. The summed E-state index contributed by atoms with van der Waals surface area (Å²) in [4.78, 5) is 13.2. The molecular formula is C24H17N3O2. The van der Waals surface area contributed by atoms with E-state index in [1.807, 2.05) is 30.3 Å². The molecule has 1 aliphatic heterocycles. The maximum Gasteiger partial charge on any atom is 0.342 e. The van der Waals surface area contributed by atoms with Crippen molar-refractivity contribution >= 4 is 33.2 Å². The number of fused-ring (bicyclic) bond motifs is 6. The molecule has 2 N–H and O–H groups in total. The lowest BCUT2D eigenvalue weighted by molar-refractivity contribution is 0.549. The van der Waals surface area contributed by atoms with E-state index < -0.39 is 0 Å². The zero-order chi connectivity index (χ0) is 19.5. The van der Waals surface area contributed by atoms with Gasteiger partial charge in [0.25, 0.3) is 0 Å². The highest BCUT2D eigenvalue weighted by Crippen LogP contribution is 2.47. The highest BCUT2D eigenvalue weighted by Gasteiger charge is 2.33. The van der Waals surface area contributed by atoms with Gasteiger partial charge in [0, 0.05) is 27.9 Å². The van der Waals surface area contributed by atoms with Gasteiger partial charge in [-0.05, 0) is 36.8 Å². The molecule has 0 radical (unpaired) electrons. The summed E-state index contributed by atoms with van der Waals surface area (Å²) in [6.07, 6.45) is 1.81. The molecule has 0 spiro atoms. The Labute approximate surface area is 166 Å². The predicted octanol–water partition coefficient (Wildman–Crippen LogP) is 5.21. The van der Waals surface area contributed by atoms with Crippen LogP contribution in [0, 0.1) is 6.92 Å². The predicted molar refractivity (Wildman–Crippen MR) is 114 cm³/mol. The highest BCUT2D eigenvalue weighted by atomic mass is 16.4. The Morgan fingerprint density at radius 2 is 1.79 bits per heavy atom. The Kier molecular flexibility index (Phi) is 3.23. The van der Waals surface area contributed by atoms with Crippen molar-refractivity contribution in [2.75, 3.05) is 5.32 Å². The number of para-hydroxylation sites is 1. The summed E-state index contributed by atoms with van der Waals surface area (Å²) in [5.74, 6) is -0.258. The van der Waals surface area contributed by atoms with E-state index >= 15 is 0 Å². The second kappa shape index (κ2) is 5.82. The molecule has 1 unspecified atom stereocenters. The molecule has 5 heteroatoms.